The second-order valence-electron chi connectivity index (χ2n) is 5.33. The molecule has 0 fully saturated rings. The molecule has 0 spiro atoms. The van der Waals surface area contributed by atoms with Crippen molar-refractivity contribution in [3.8, 4) is 5.69 Å². The minimum atomic E-state index is -3.60. The molecule has 0 radical (unpaired) electrons. The summed E-state index contributed by atoms with van der Waals surface area (Å²) >= 11 is 3.28. The van der Waals surface area contributed by atoms with Gasteiger partial charge in [-0.2, -0.15) is 0 Å². The average Bonchev–Trinajstić information content (AvgIpc) is 3.09. The number of hydrogen-bond acceptors (Lipinski definition) is 3. The van der Waals surface area contributed by atoms with Gasteiger partial charge in [-0.3, -0.25) is 0 Å². The van der Waals surface area contributed by atoms with Crippen molar-refractivity contribution >= 4 is 26.0 Å². The van der Waals surface area contributed by atoms with E-state index in [0.29, 0.717) is 4.47 Å². The highest BCUT2D eigenvalue weighted by Gasteiger charge is 2.20. The van der Waals surface area contributed by atoms with Crippen LogP contribution in [0.4, 0.5) is 0 Å². The molecule has 2 aromatic carbocycles. The second kappa shape index (κ2) is 6.88. The molecule has 1 atom stereocenters. The van der Waals surface area contributed by atoms with Crippen LogP contribution in [0.5, 0.6) is 0 Å². The molecule has 1 N–H and O–H groups in total. The Kier molecular flexibility index (Phi) is 4.84. The Morgan fingerprint density at radius 1 is 1.12 bits per heavy atom. The third-order valence-electron chi connectivity index (χ3n) is 3.65. The van der Waals surface area contributed by atoms with E-state index in [2.05, 4.69) is 25.6 Å². The third-order valence-corrected chi connectivity index (χ3v) is 6.21. The van der Waals surface area contributed by atoms with Gasteiger partial charge >= 0.3 is 0 Å². The largest absolute Gasteiger partial charge is 0.306 e. The SMILES string of the molecule is C[C@H](NS(=O)(=O)c1ccccc1Br)c1ccc(-n2ccnc2)cc1. The number of aromatic nitrogens is 2. The Balaban J connectivity index is 1.80. The zero-order valence-corrected chi connectivity index (χ0v) is 15.3. The van der Waals surface area contributed by atoms with E-state index in [1.165, 1.54) is 0 Å². The van der Waals surface area contributed by atoms with Crippen LogP contribution in [0.2, 0.25) is 0 Å². The molecule has 0 aliphatic rings. The first kappa shape index (κ1) is 16.9. The van der Waals surface area contributed by atoms with Gasteiger partial charge in [-0.25, -0.2) is 18.1 Å². The molecule has 0 unspecified atom stereocenters. The van der Waals surface area contributed by atoms with Crippen LogP contribution in [0, 0.1) is 0 Å². The number of nitrogens with zero attached hydrogens (tertiary/aromatic N) is 2. The number of nitrogens with one attached hydrogen (secondary N) is 1. The van der Waals surface area contributed by atoms with Crippen LogP contribution in [-0.2, 0) is 10.0 Å². The van der Waals surface area contributed by atoms with Crippen molar-refractivity contribution in [2.45, 2.75) is 17.9 Å². The summed E-state index contributed by atoms with van der Waals surface area (Å²) in [6.07, 6.45) is 5.28. The quantitative estimate of drug-likeness (QED) is 0.703. The highest BCUT2D eigenvalue weighted by molar-refractivity contribution is 9.10. The van der Waals surface area contributed by atoms with E-state index < -0.39 is 10.0 Å². The fraction of sp³-hybridized carbons (Fsp3) is 0.118. The predicted molar refractivity (Wildman–Crippen MR) is 96.4 cm³/mol. The Bertz CT molecular complexity index is 923. The lowest BCUT2D eigenvalue weighted by atomic mass is 10.1. The fourth-order valence-corrected chi connectivity index (χ4v) is 4.61. The summed E-state index contributed by atoms with van der Waals surface area (Å²) in [4.78, 5) is 4.24. The number of rotatable bonds is 5. The molecule has 0 amide bonds. The van der Waals surface area contributed by atoms with Gasteiger partial charge in [-0.05, 0) is 52.7 Å². The van der Waals surface area contributed by atoms with E-state index in [4.69, 9.17) is 0 Å². The summed E-state index contributed by atoms with van der Waals surface area (Å²) in [6, 6.07) is 14.1. The van der Waals surface area contributed by atoms with Gasteiger partial charge in [0.25, 0.3) is 0 Å². The van der Waals surface area contributed by atoms with Gasteiger partial charge in [-0.15, -0.1) is 0 Å². The lowest BCUT2D eigenvalue weighted by Crippen LogP contribution is -2.27. The normalized spacial score (nSPS) is 12.9. The molecule has 7 heteroatoms. The highest BCUT2D eigenvalue weighted by atomic mass is 79.9. The predicted octanol–water partition coefficient (Wildman–Crippen LogP) is 3.67. The Hall–Kier alpha value is -1.96. The van der Waals surface area contributed by atoms with Crippen LogP contribution >= 0.6 is 15.9 Å². The number of sulfonamides is 1. The Morgan fingerprint density at radius 3 is 2.46 bits per heavy atom. The molecule has 5 nitrogen and oxygen atoms in total. The lowest BCUT2D eigenvalue weighted by Gasteiger charge is -2.16. The van der Waals surface area contributed by atoms with Crippen molar-refractivity contribution in [2.75, 3.05) is 0 Å². The van der Waals surface area contributed by atoms with Crippen molar-refractivity contribution in [3.05, 3.63) is 77.3 Å². The van der Waals surface area contributed by atoms with E-state index >= 15 is 0 Å². The van der Waals surface area contributed by atoms with Gasteiger partial charge in [0.15, 0.2) is 0 Å². The molecule has 0 saturated carbocycles. The van der Waals surface area contributed by atoms with E-state index in [9.17, 15) is 8.42 Å². The lowest BCUT2D eigenvalue weighted by molar-refractivity contribution is 0.566. The molecular weight excluding hydrogens is 390 g/mol. The molecular formula is C17H16BrN3O2S. The van der Waals surface area contributed by atoms with Gasteiger partial charge in [0.2, 0.25) is 10.0 Å². The number of halogens is 1. The molecule has 3 aromatic rings. The number of benzene rings is 2. The van der Waals surface area contributed by atoms with E-state index in [0.717, 1.165) is 11.3 Å². The van der Waals surface area contributed by atoms with Crippen LogP contribution < -0.4 is 4.72 Å². The molecule has 124 valence electrons. The fourth-order valence-electron chi connectivity index (χ4n) is 2.37. The van der Waals surface area contributed by atoms with Crippen LogP contribution in [0.25, 0.3) is 5.69 Å². The molecule has 3 rings (SSSR count). The maximum Gasteiger partial charge on any atom is 0.242 e. The summed E-state index contributed by atoms with van der Waals surface area (Å²) < 4.78 is 30.2. The summed E-state index contributed by atoms with van der Waals surface area (Å²) in [5, 5.41) is 0. The van der Waals surface area contributed by atoms with Crippen molar-refractivity contribution in [3.63, 3.8) is 0 Å². The smallest absolute Gasteiger partial charge is 0.242 e. The zero-order chi connectivity index (χ0) is 17.2. The Labute approximate surface area is 149 Å². The first-order valence-corrected chi connectivity index (χ1v) is 9.60. The van der Waals surface area contributed by atoms with Crippen LogP contribution in [0.1, 0.15) is 18.5 Å². The van der Waals surface area contributed by atoms with Crippen molar-refractivity contribution < 1.29 is 8.42 Å². The molecule has 0 saturated heterocycles. The van der Waals surface area contributed by atoms with E-state index in [-0.39, 0.29) is 10.9 Å². The number of imidazole rings is 1. The van der Waals surface area contributed by atoms with Crippen LogP contribution in [-0.4, -0.2) is 18.0 Å². The highest BCUT2D eigenvalue weighted by Crippen LogP contribution is 2.24. The molecule has 1 heterocycles. The maximum absolute atomic E-state index is 12.5. The Morgan fingerprint density at radius 2 is 1.83 bits per heavy atom. The van der Waals surface area contributed by atoms with E-state index in [1.54, 1.807) is 36.8 Å². The van der Waals surface area contributed by atoms with Crippen LogP contribution in [0.3, 0.4) is 0 Å². The minimum Gasteiger partial charge on any atom is -0.306 e. The van der Waals surface area contributed by atoms with Gasteiger partial charge < -0.3 is 4.57 Å². The average molecular weight is 406 g/mol. The monoisotopic (exact) mass is 405 g/mol. The van der Waals surface area contributed by atoms with Gasteiger partial charge in [-0.1, -0.05) is 24.3 Å². The number of hydrogen-bond donors (Lipinski definition) is 1. The molecule has 0 aliphatic heterocycles. The first-order chi connectivity index (χ1) is 11.5. The summed E-state index contributed by atoms with van der Waals surface area (Å²) in [5.74, 6) is 0. The van der Waals surface area contributed by atoms with E-state index in [1.807, 2.05) is 42.0 Å². The van der Waals surface area contributed by atoms with Gasteiger partial charge in [0.1, 0.15) is 0 Å². The summed E-state index contributed by atoms with van der Waals surface area (Å²) in [6.45, 7) is 1.82. The zero-order valence-electron chi connectivity index (χ0n) is 12.9. The second-order valence-corrected chi connectivity index (χ2v) is 7.87. The standard InChI is InChI=1S/C17H16BrN3O2S/c1-13(20-24(22,23)17-5-3-2-4-16(17)18)14-6-8-15(9-7-14)21-11-10-19-12-21/h2-13,20H,1H3/t13-/m0/s1. The van der Waals surface area contributed by atoms with Crippen molar-refractivity contribution in [1.29, 1.82) is 0 Å². The van der Waals surface area contributed by atoms with Crippen LogP contribution in [0.15, 0.2) is 76.6 Å². The van der Waals surface area contributed by atoms with Gasteiger partial charge in [0.05, 0.1) is 11.2 Å². The third kappa shape index (κ3) is 3.58. The molecule has 1 aromatic heterocycles. The van der Waals surface area contributed by atoms with Crippen molar-refractivity contribution in [1.82, 2.24) is 14.3 Å². The maximum atomic E-state index is 12.5. The van der Waals surface area contributed by atoms with Crippen molar-refractivity contribution in [2.24, 2.45) is 0 Å². The topological polar surface area (TPSA) is 64.0 Å². The molecule has 0 bridgehead atoms. The summed E-state index contributed by atoms with van der Waals surface area (Å²) in [5.41, 5.74) is 1.85. The molecule has 24 heavy (non-hydrogen) atoms. The summed E-state index contributed by atoms with van der Waals surface area (Å²) in [7, 11) is -3.60. The molecule has 0 aliphatic carbocycles. The van der Waals surface area contributed by atoms with Gasteiger partial charge in [0, 0.05) is 28.6 Å². The minimum absolute atomic E-state index is 0.229. The first-order valence-electron chi connectivity index (χ1n) is 7.32.